The molecule has 1 rings (SSSR count). The van der Waals surface area contributed by atoms with Gasteiger partial charge in [-0.05, 0) is 65.6 Å². The van der Waals surface area contributed by atoms with Crippen molar-refractivity contribution in [1.82, 2.24) is 5.06 Å². The summed E-state index contributed by atoms with van der Waals surface area (Å²) in [6, 6.07) is 0. The van der Waals surface area contributed by atoms with Gasteiger partial charge in [-0.1, -0.05) is 75.2 Å². The van der Waals surface area contributed by atoms with Crippen molar-refractivity contribution in [3.05, 3.63) is 0 Å². The Labute approximate surface area is 182 Å². The standard InChI is InChI=1S/C26H51NO2/c1-12-23(3,4)19-26(9,13-2)16-21-14-20(21)15-24(5,6)18-25(7,8)17-22(28)27(10)29-11/h20-21H,12-19H2,1-11H3. The molecule has 0 aromatic heterocycles. The zero-order valence-electron chi connectivity index (χ0n) is 21.6. The van der Waals surface area contributed by atoms with Crippen LogP contribution >= 0.6 is 0 Å². The number of carbonyl (C=O) groups is 1. The van der Waals surface area contributed by atoms with Gasteiger partial charge in [-0.3, -0.25) is 9.63 Å². The van der Waals surface area contributed by atoms with Crippen molar-refractivity contribution in [1.29, 1.82) is 0 Å². The highest BCUT2D eigenvalue weighted by molar-refractivity contribution is 5.75. The van der Waals surface area contributed by atoms with E-state index in [-0.39, 0.29) is 16.7 Å². The SMILES string of the molecule is CCC(C)(C)CC(C)(CC)CC1CC1CC(C)(C)CC(C)(C)CC(=O)N(C)OC. The van der Waals surface area contributed by atoms with Gasteiger partial charge in [0.25, 0.3) is 0 Å². The lowest BCUT2D eigenvalue weighted by Gasteiger charge is -2.38. The summed E-state index contributed by atoms with van der Waals surface area (Å²) < 4.78 is 0. The zero-order valence-corrected chi connectivity index (χ0v) is 21.6. The second-order valence-electron chi connectivity index (χ2n) is 12.8. The van der Waals surface area contributed by atoms with Gasteiger partial charge in [0.2, 0.25) is 5.91 Å². The molecule has 0 N–H and O–H groups in total. The molecule has 3 heteroatoms. The maximum absolute atomic E-state index is 12.3. The molecule has 0 spiro atoms. The molecule has 29 heavy (non-hydrogen) atoms. The van der Waals surface area contributed by atoms with Crippen LogP contribution in [-0.4, -0.2) is 25.1 Å². The van der Waals surface area contributed by atoms with E-state index in [9.17, 15) is 4.79 Å². The van der Waals surface area contributed by atoms with Crippen LogP contribution in [-0.2, 0) is 9.63 Å². The Morgan fingerprint density at radius 3 is 1.90 bits per heavy atom. The Morgan fingerprint density at radius 2 is 1.41 bits per heavy atom. The van der Waals surface area contributed by atoms with Crippen molar-refractivity contribution in [2.24, 2.45) is 33.5 Å². The second-order valence-corrected chi connectivity index (χ2v) is 12.8. The first-order chi connectivity index (χ1) is 13.1. The predicted octanol–water partition coefficient (Wildman–Crippen LogP) is 7.50. The molecule has 0 aromatic rings. The molecule has 1 saturated carbocycles. The van der Waals surface area contributed by atoms with Gasteiger partial charge in [-0.15, -0.1) is 0 Å². The fraction of sp³-hybridized carbons (Fsp3) is 0.962. The maximum Gasteiger partial charge on any atom is 0.246 e. The summed E-state index contributed by atoms with van der Waals surface area (Å²) in [4.78, 5) is 17.4. The van der Waals surface area contributed by atoms with Gasteiger partial charge >= 0.3 is 0 Å². The third-order valence-corrected chi connectivity index (χ3v) is 7.57. The first-order valence-electron chi connectivity index (χ1n) is 11.9. The van der Waals surface area contributed by atoms with E-state index in [0.29, 0.717) is 17.3 Å². The van der Waals surface area contributed by atoms with Gasteiger partial charge < -0.3 is 0 Å². The van der Waals surface area contributed by atoms with E-state index in [1.165, 1.54) is 43.6 Å². The van der Waals surface area contributed by atoms with E-state index in [0.717, 1.165) is 18.3 Å². The third-order valence-electron chi connectivity index (χ3n) is 7.57. The molecule has 1 amide bonds. The first kappa shape index (κ1) is 26.5. The smallest absolute Gasteiger partial charge is 0.246 e. The van der Waals surface area contributed by atoms with E-state index in [2.05, 4.69) is 62.3 Å². The molecular weight excluding hydrogens is 358 g/mol. The zero-order chi connectivity index (χ0) is 22.7. The summed E-state index contributed by atoms with van der Waals surface area (Å²) >= 11 is 0. The second kappa shape index (κ2) is 9.71. The largest absolute Gasteiger partial charge is 0.275 e. The fourth-order valence-corrected chi connectivity index (χ4v) is 5.83. The molecule has 0 radical (unpaired) electrons. The van der Waals surface area contributed by atoms with Crippen molar-refractivity contribution in [2.45, 2.75) is 114 Å². The highest BCUT2D eigenvalue weighted by Gasteiger charge is 2.45. The molecule has 1 fully saturated rings. The average Bonchev–Trinajstić information content (AvgIpc) is 3.27. The number of nitrogens with zero attached hydrogens (tertiary/aromatic N) is 1. The Kier molecular flexibility index (Phi) is 8.86. The van der Waals surface area contributed by atoms with E-state index >= 15 is 0 Å². The molecule has 3 atom stereocenters. The van der Waals surface area contributed by atoms with Crippen LogP contribution in [0, 0.1) is 33.5 Å². The average molecular weight is 410 g/mol. The van der Waals surface area contributed by atoms with Crippen LogP contribution in [0.2, 0.25) is 0 Å². The minimum Gasteiger partial charge on any atom is -0.275 e. The van der Waals surface area contributed by atoms with Crippen LogP contribution in [0.4, 0.5) is 0 Å². The molecule has 1 aliphatic rings. The van der Waals surface area contributed by atoms with E-state index in [1.807, 2.05) is 0 Å². The molecule has 1 aliphatic carbocycles. The quantitative estimate of drug-likeness (QED) is 0.295. The molecule has 0 aromatic carbocycles. The highest BCUT2D eigenvalue weighted by atomic mass is 16.7. The van der Waals surface area contributed by atoms with E-state index < -0.39 is 0 Å². The molecule has 0 bridgehead atoms. The number of rotatable bonds is 13. The van der Waals surface area contributed by atoms with E-state index in [4.69, 9.17) is 4.84 Å². The summed E-state index contributed by atoms with van der Waals surface area (Å²) in [7, 11) is 3.25. The monoisotopic (exact) mass is 409 g/mol. The molecule has 0 aliphatic heterocycles. The van der Waals surface area contributed by atoms with Gasteiger partial charge in [0.1, 0.15) is 0 Å². The fourth-order valence-electron chi connectivity index (χ4n) is 5.83. The van der Waals surface area contributed by atoms with Crippen LogP contribution in [0.1, 0.15) is 114 Å². The summed E-state index contributed by atoms with van der Waals surface area (Å²) in [6.45, 7) is 21.3. The lowest BCUT2D eigenvalue weighted by molar-refractivity contribution is -0.171. The summed E-state index contributed by atoms with van der Waals surface area (Å²) in [6.07, 6.45) is 9.55. The van der Waals surface area contributed by atoms with Gasteiger partial charge in [0, 0.05) is 13.5 Å². The number of hydrogen-bond acceptors (Lipinski definition) is 2. The summed E-state index contributed by atoms with van der Waals surface area (Å²) in [5, 5.41) is 1.36. The van der Waals surface area contributed by atoms with Crippen molar-refractivity contribution in [3.8, 4) is 0 Å². The Hall–Kier alpha value is -0.570. The molecule has 3 unspecified atom stereocenters. The van der Waals surface area contributed by atoms with Crippen molar-refractivity contribution < 1.29 is 9.63 Å². The molecule has 3 nitrogen and oxygen atoms in total. The molecule has 0 heterocycles. The number of amides is 1. The van der Waals surface area contributed by atoms with Crippen molar-refractivity contribution >= 4 is 5.91 Å². The van der Waals surface area contributed by atoms with Gasteiger partial charge in [0.15, 0.2) is 0 Å². The van der Waals surface area contributed by atoms with Crippen LogP contribution in [0.15, 0.2) is 0 Å². The van der Waals surface area contributed by atoms with E-state index in [1.54, 1.807) is 14.2 Å². The predicted molar refractivity (Wildman–Crippen MR) is 124 cm³/mol. The minimum atomic E-state index is -0.0131. The molecule has 172 valence electrons. The number of hydrogen-bond donors (Lipinski definition) is 0. The third kappa shape index (κ3) is 8.99. The van der Waals surface area contributed by atoms with Gasteiger partial charge in [0.05, 0.1) is 7.11 Å². The lowest BCUT2D eigenvalue weighted by atomic mass is 9.68. The topological polar surface area (TPSA) is 29.5 Å². The Bertz CT molecular complexity index is 537. The number of hydroxylamine groups is 2. The Balaban J connectivity index is 2.60. The van der Waals surface area contributed by atoms with Crippen molar-refractivity contribution in [3.63, 3.8) is 0 Å². The van der Waals surface area contributed by atoms with Crippen LogP contribution in [0.5, 0.6) is 0 Å². The van der Waals surface area contributed by atoms with Crippen LogP contribution < -0.4 is 0 Å². The lowest BCUT2D eigenvalue weighted by Crippen LogP contribution is -2.33. The highest BCUT2D eigenvalue weighted by Crippen LogP contribution is 2.55. The van der Waals surface area contributed by atoms with Crippen LogP contribution in [0.3, 0.4) is 0 Å². The van der Waals surface area contributed by atoms with Gasteiger partial charge in [-0.2, -0.15) is 0 Å². The molecule has 0 saturated heterocycles. The summed E-state index contributed by atoms with van der Waals surface area (Å²) in [5.41, 5.74) is 1.17. The summed E-state index contributed by atoms with van der Waals surface area (Å²) in [5.74, 6) is 1.83. The molecular formula is C26H51NO2. The van der Waals surface area contributed by atoms with Crippen molar-refractivity contribution in [2.75, 3.05) is 14.2 Å². The Morgan fingerprint density at radius 1 is 0.862 bits per heavy atom. The number of carbonyl (C=O) groups excluding carboxylic acids is 1. The van der Waals surface area contributed by atoms with Gasteiger partial charge in [-0.25, -0.2) is 5.06 Å². The normalized spacial score (nSPS) is 22.3. The first-order valence-corrected chi connectivity index (χ1v) is 11.9. The minimum absolute atomic E-state index is 0.0131. The maximum atomic E-state index is 12.3. The van der Waals surface area contributed by atoms with Crippen LogP contribution in [0.25, 0.3) is 0 Å².